The van der Waals surface area contributed by atoms with Gasteiger partial charge in [-0.2, -0.15) is 5.26 Å². The number of halogens is 1. The van der Waals surface area contributed by atoms with Gasteiger partial charge in [-0.05, 0) is 42.3 Å². The third-order valence-corrected chi connectivity index (χ3v) is 3.70. The van der Waals surface area contributed by atoms with Crippen molar-refractivity contribution in [2.75, 3.05) is 7.05 Å². The van der Waals surface area contributed by atoms with Gasteiger partial charge in [-0.15, -0.1) is 0 Å². The number of benzene rings is 2. The van der Waals surface area contributed by atoms with Crippen LogP contribution < -0.4 is 10.6 Å². The van der Waals surface area contributed by atoms with Crippen molar-refractivity contribution in [2.24, 2.45) is 4.99 Å². The molecular formula is C18H19ClN4. The van der Waals surface area contributed by atoms with Crippen LogP contribution in [0.3, 0.4) is 0 Å². The van der Waals surface area contributed by atoms with Gasteiger partial charge in [-0.25, -0.2) is 0 Å². The van der Waals surface area contributed by atoms with Crippen LogP contribution in [0.25, 0.3) is 0 Å². The highest BCUT2D eigenvalue weighted by atomic mass is 35.5. The minimum absolute atomic E-state index is 0.0841. The van der Waals surface area contributed by atoms with E-state index >= 15 is 0 Å². The predicted molar refractivity (Wildman–Crippen MR) is 94.4 cm³/mol. The molecule has 2 N–H and O–H groups in total. The Hall–Kier alpha value is -2.51. The van der Waals surface area contributed by atoms with Crippen LogP contribution in [0.1, 0.15) is 29.7 Å². The summed E-state index contributed by atoms with van der Waals surface area (Å²) < 4.78 is 0. The highest BCUT2D eigenvalue weighted by Gasteiger charge is 2.08. The first-order chi connectivity index (χ1) is 11.1. The molecule has 1 unspecified atom stereocenters. The van der Waals surface area contributed by atoms with Crippen LogP contribution in [0.4, 0.5) is 0 Å². The first kappa shape index (κ1) is 16.9. The molecule has 5 heteroatoms. The van der Waals surface area contributed by atoms with Crippen LogP contribution in [0, 0.1) is 11.3 Å². The summed E-state index contributed by atoms with van der Waals surface area (Å²) in [7, 11) is 1.73. The summed E-state index contributed by atoms with van der Waals surface area (Å²) in [6.07, 6.45) is 0. The normalized spacial score (nSPS) is 12.3. The van der Waals surface area contributed by atoms with Gasteiger partial charge in [-0.1, -0.05) is 35.9 Å². The molecule has 0 saturated heterocycles. The molecule has 0 aliphatic carbocycles. The fraction of sp³-hybridized carbons (Fsp3) is 0.222. The van der Waals surface area contributed by atoms with Crippen molar-refractivity contribution in [3.63, 3.8) is 0 Å². The number of nitriles is 1. The number of nitrogens with one attached hydrogen (secondary N) is 2. The molecule has 118 valence electrons. The van der Waals surface area contributed by atoms with Crippen LogP contribution in [0.15, 0.2) is 53.5 Å². The molecule has 2 rings (SSSR count). The lowest BCUT2D eigenvalue weighted by Gasteiger charge is -2.18. The SMILES string of the molecule is CN=C(NCc1ccc(C#N)cc1)NC(C)c1cccc(Cl)c1. The zero-order valence-electron chi connectivity index (χ0n) is 13.2. The Morgan fingerprint density at radius 3 is 2.61 bits per heavy atom. The second-order valence-corrected chi connectivity index (χ2v) is 5.59. The summed E-state index contributed by atoms with van der Waals surface area (Å²) in [4.78, 5) is 4.23. The molecule has 0 fully saturated rings. The topological polar surface area (TPSA) is 60.2 Å². The van der Waals surface area contributed by atoms with E-state index in [2.05, 4.69) is 28.6 Å². The van der Waals surface area contributed by atoms with E-state index in [9.17, 15) is 0 Å². The largest absolute Gasteiger partial charge is 0.352 e. The Labute approximate surface area is 141 Å². The second kappa shape index (κ2) is 8.21. The van der Waals surface area contributed by atoms with Crippen molar-refractivity contribution in [1.82, 2.24) is 10.6 Å². The Morgan fingerprint density at radius 2 is 2.00 bits per heavy atom. The van der Waals surface area contributed by atoms with Gasteiger partial charge in [0, 0.05) is 18.6 Å². The lowest BCUT2D eigenvalue weighted by atomic mass is 10.1. The summed E-state index contributed by atoms with van der Waals surface area (Å²) in [5.74, 6) is 0.710. The van der Waals surface area contributed by atoms with E-state index < -0.39 is 0 Å². The van der Waals surface area contributed by atoms with E-state index in [1.54, 1.807) is 7.05 Å². The van der Waals surface area contributed by atoms with E-state index in [1.165, 1.54) is 0 Å². The average molecular weight is 327 g/mol. The lowest BCUT2D eigenvalue weighted by Crippen LogP contribution is -2.38. The fourth-order valence-corrected chi connectivity index (χ4v) is 2.34. The third-order valence-electron chi connectivity index (χ3n) is 3.47. The van der Waals surface area contributed by atoms with Gasteiger partial charge in [-0.3, -0.25) is 4.99 Å². The van der Waals surface area contributed by atoms with Crippen molar-refractivity contribution >= 4 is 17.6 Å². The van der Waals surface area contributed by atoms with Gasteiger partial charge in [0.15, 0.2) is 5.96 Å². The Kier molecular flexibility index (Phi) is 6.02. The van der Waals surface area contributed by atoms with Gasteiger partial charge >= 0.3 is 0 Å². The Morgan fingerprint density at radius 1 is 1.26 bits per heavy atom. The smallest absolute Gasteiger partial charge is 0.191 e. The van der Waals surface area contributed by atoms with Gasteiger partial charge < -0.3 is 10.6 Å². The molecule has 0 spiro atoms. The summed E-state index contributed by atoms with van der Waals surface area (Å²) in [6, 6.07) is 17.4. The maximum Gasteiger partial charge on any atom is 0.191 e. The first-order valence-corrected chi connectivity index (χ1v) is 7.72. The number of hydrogen-bond acceptors (Lipinski definition) is 2. The quantitative estimate of drug-likeness (QED) is 0.666. The average Bonchev–Trinajstić information content (AvgIpc) is 2.58. The van der Waals surface area contributed by atoms with Gasteiger partial charge in [0.2, 0.25) is 0 Å². The molecule has 0 radical (unpaired) electrons. The molecular weight excluding hydrogens is 308 g/mol. The van der Waals surface area contributed by atoms with Crippen LogP contribution >= 0.6 is 11.6 Å². The Balaban J connectivity index is 1.93. The van der Waals surface area contributed by atoms with E-state index in [0.29, 0.717) is 18.1 Å². The van der Waals surface area contributed by atoms with E-state index in [0.717, 1.165) is 16.1 Å². The van der Waals surface area contributed by atoms with Crippen molar-refractivity contribution in [3.8, 4) is 6.07 Å². The zero-order chi connectivity index (χ0) is 16.7. The molecule has 1 atom stereocenters. The molecule has 0 aliphatic rings. The molecule has 0 saturated carbocycles. The molecule has 0 amide bonds. The summed E-state index contributed by atoms with van der Waals surface area (Å²) in [5, 5.41) is 16.1. The number of aliphatic imine (C=N–C) groups is 1. The van der Waals surface area contributed by atoms with Gasteiger partial charge in [0.05, 0.1) is 17.7 Å². The highest BCUT2D eigenvalue weighted by Crippen LogP contribution is 2.17. The van der Waals surface area contributed by atoms with Crippen LogP contribution in [0.2, 0.25) is 5.02 Å². The van der Waals surface area contributed by atoms with Gasteiger partial charge in [0.1, 0.15) is 0 Å². The maximum absolute atomic E-state index is 8.81. The van der Waals surface area contributed by atoms with E-state index in [-0.39, 0.29) is 6.04 Å². The first-order valence-electron chi connectivity index (χ1n) is 7.34. The molecule has 0 heterocycles. The van der Waals surface area contributed by atoms with E-state index in [4.69, 9.17) is 16.9 Å². The summed E-state index contributed by atoms with van der Waals surface area (Å²) in [6.45, 7) is 2.69. The minimum Gasteiger partial charge on any atom is -0.352 e. The molecule has 4 nitrogen and oxygen atoms in total. The van der Waals surface area contributed by atoms with Crippen LogP contribution in [-0.2, 0) is 6.54 Å². The van der Waals surface area contributed by atoms with Gasteiger partial charge in [0.25, 0.3) is 0 Å². The Bertz CT molecular complexity index is 717. The van der Waals surface area contributed by atoms with Crippen LogP contribution in [-0.4, -0.2) is 13.0 Å². The molecule has 0 aromatic heterocycles. The molecule has 23 heavy (non-hydrogen) atoms. The third kappa shape index (κ3) is 5.01. The van der Waals surface area contributed by atoms with Crippen molar-refractivity contribution in [1.29, 1.82) is 5.26 Å². The summed E-state index contributed by atoms with van der Waals surface area (Å²) in [5.41, 5.74) is 2.84. The van der Waals surface area contributed by atoms with Crippen molar-refractivity contribution in [2.45, 2.75) is 19.5 Å². The molecule has 2 aromatic carbocycles. The van der Waals surface area contributed by atoms with Crippen molar-refractivity contribution < 1.29 is 0 Å². The molecule has 2 aromatic rings. The number of rotatable bonds is 4. The summed E-state index contributed by atoms with van der Waals surface area (Å²) >= 11 is 6.03. The minimum atomic E-state index is 0.0841. The van der Waals surface area contributed by atoms with Crippen LogP contribution in [0.5, 0.6) is 0 Å². The standard InChI is InChI=1S/C18H19ClN4/c1-13(16-4-3-5-17(19)10-16)23-18(21-2)22-12-15-8-6-14(11-20)7-9-15/h3-10,13H,12H2,1-2H3,(H2,21,22,23). The fourth-order valence-electron chi connectivity index (χ4n) is 2.14. The lowest BCUT2D eigenvalue weighted by molar-refractivity contribution is 0.685. The van der Waals surface area contributed by atoms with Crippen molar-refractivity contribution in [3.05, 3.63) is 70.2 Å². The maximum atomic E-state index is 8.81. The zero-order valence-corrected chi connectivity index (χ0v) is 13.9. The predicted octanol–water partition coefficient (Wildman–Crippen LogP) is 3.64. The number of guanidine groups is 1. The second-order valence-electron chi connectivity index (χ2n) is 5.16. The molecule has 0 bridgehead atoms. The highest BCUT2D eigenvalue weighted by molar-refractivity contribution is 6.30. The molecule has 0 aliphatic heterocycles. The van der Waals surface area contributed by atoms with E-state index in [1.807, 2.05) is 48.5 Å². The monoisotopic (exact) mass is 326 g/mol. The number of hydrogen-bond donors (Lipinski definition) is 2. The number of nitrogens with zero attached hydrogens (tertiary/aromatic N) is 2.